The van der Waals surface area contributed by atoms with Crippen LogP contribution < -0.4 is 0 Å². The van der Waals surface area contributed by atoms with Crippen LogP contribution in [0.3, 0.4) is 0 Å². The van der Waals surface area contributed by atoms with Crippen LogP contribution in [0.1, 0.15) is 115 Å². The average Bonchev–Trinajstić information content (AvgIpc) is 2.63. The summed E-state index contributed by atoms with van der Waals surface area (Å²) in [6.45, 7) is 6.71. The third-order valence-electron chi connectivity index (χ3n) is 4.40. The molecule has 0 bridgehead atoms. The summed E-state index contributed by atoms with van der Waals surface area (Å²) in [6.07, 6.45) is 16.3. The zero-order chi connectivity index (χ0) is 18.8. The molecule has 0 unspecified atom stereocenters. The van der Waals surface area contributed by atoms with E-state index in [4.69, 9.17) is 5.11 Å². The van der Waals surface area contributed by atoms with Crippen LogP contribution in [0.5, 0.6) is 5.75 Å². The van der Waals surface area contributed by atoms with E-state index in [0.29, 0.717) is 12.0 Å². The van der Waals surface area contributed by atoms with E-state index in [0.717, 1.165) is 12.8 Å². The molecule has 25 heavy (non-hydrogen) atoms. The quantitative estimate of drug-likeness (QED) is 0.293. The maximum absolute atomic E-state index is 11.8. The third-order valence-corrected chi connectivity index (χ3v) is 4.40. The summed E-state index contributed by atoms with van der Waals surface area (Å²) in [4.78, 5) is 11.8. The topological polar surface area (TPSA) is 37.3 Å². The molecule has 0 spiro atoms. The minimum absolute atomic E-state index is 0.181. The molecule has 0 fully saturated rings. The molecule has 0 saturated heterocycles. The van der Waals surface area contributed by atoms with Crippen molar-refractivity contribution in [2.24, 2.45) is 0 Å². The summed E-state index contributed by atoms with van der Waals surface area (Å²) < 4.78 is 0. The molecular formula is C23H40O2. The highest BCUT2D eigenvalue weighted by atomic mass is 16.3. The van der Waals surface area contributed by atoms with Gasteiger partial charge >= 0.3 is 0 Å². The lowest BCUT2D eigenvalue weighted by Crippen LogP contribution is -1.98. The summed E-state index contributed by atoms with van der Waals surface area (Å²) in [5, 5.41) is 9.12. The lowest BCUT2D eigenvalue weighted by molar-refractivity contribution is 0.0979. The molecule has 0 amide bonds. The first kappa shape index (κ1) is 23.7. The van der Waals surface area contributed by atoms with Crippen molar-refractivity contribution >= 4 is 5.78 Å². The van der Waals surface area contributed by atoms with Crippen LogP contribution in [0.25, 0.3) is 0 Å². The molecule has 144 valence electrons. The fourth-order valence-electron chi connectivity index (χ4n) is 2.71. The van der Waals surface area contributed by atoms with Gasteiger partial charge in [-0.2, -0.15) is 0 Å². The number of phenols is 1. The van der Waals surface area contributed by atoms with Gasteiger partial charge in [0.05, 0.1) is 0 Å². The zero-order valence-electron chi connectivity index (χ0n) is 16.9. The molecule has 0 aliphatic carbocycles. The van der Waals surface area contributed by atoms with Gasteiger partial charge in [0, 0.05) is 12.0 Å². The van der Waals surface area contributed by atoms with Crippen molar-refractivity contribution in [1.82, 2.24) is 0 Å². The first-order chi connectivity index (χ1) is 12.2. The standard InChI is InChI=1S/C15H22O2.C8H18/c1-2-3-4-5-6-7-8-15(17)13-9-11-14(16)12-10-13;1-3-5-7-8-6-4-2/h9-12,16H,2-8H2,1H3;3-8H2,1-2H3. The van der Waals surface area contributed by atoms with Crippen molar-refractivity contribution in [2.75, 3.05) is 0 Å². The Hall–Kier alpha value is -1.31. The van der Waals surface area contributed by atoms with E-state index in [1.165, 1.54) is 64.2 Å². The number of carbonyl (C=O) groups excluding carboxylic acids is 1. The molecule has 0 aliphatic rings. The number of carbonyl (C=O) groups is 1. The lowest BCUT2D eigenvalue weighted by atomic mass is 10.0. The Bertz CT molecular complexity index is 403. The first-order valence-corrected chi connectivity index (χ1v) is 10.5. The minimum atomic E-state index is 0.181. The van der Waals surface area contributed by atoms with E-state index in [9.17, 15) is 4.79 Å². The normalized spacial score (nSPS) is 10.2. The predicted octanol–water partition coefficient (Wildman–Crippen LogP) is 7.69. The second-order valence-corrected chi connectivity index (χ2v) is 6.90. The fourth-order valence-corrected chi connectivity index (χ4v) is 2.71. The number of hydrogen-bond donors (Lipinski definition) is 1. The monoisotopic (exact) mass is 348 g/mol. The number of unbranched alkanes of at least 4 members (excludes halogenated alkanes) is 10. The van der Waals surface area contributed by atoms with Crippen molar-refractivity contribution in [1.29, 1.82) is 0 Å². The highest BCUT2D eigenvalue weighted by Gasteiger charge is 2.04. The number of Topliss-reactive ketones (excluding diaryl/α,β-unsaturated/α-hetero) is 1. The molecule has 2 nitrogen and oxygen atoms in total. The number of benzene rings is 1. The zero-order valence-corrected chi connectivity index (χ0v) is 16.9. The van der Waals surface area contributed by atoms with Crippen molar-refractivity contribution in [3.8, 4) is 5.75 Å². The van der Waals surface area contributed by atoms with Crippen LogP contribution in [0.2, 0.25) is 0 Å². The molecule has 1 rings (SSSR count). The number of rotatable bonds is 13. The molecule has 0 radical (unpaired) electrons. The van der Waals surface area contributed by atoms with Gasteiger partial charge in [-0.05, 0) is 30.7 Å². The maximum atomic E-state index is 11.8. The Morgan fingerprint density at radius 2 is 1.08 bits per heavy atom. The van der Waals surface area contributed by atoms with Crippen molar-refractivity contribution in [3.63, 3.8) is 0 Å². The average molecular weight is 349 g/mol. The molecule has 2 heteroatoms. The van der Waals surface area contributed by atoms with Crippen LogP contribution in [0.4, 0.5) is 0 Å². The molecule has 0 aromatic heterocycles. The van der Waals surface area contributed by atoms with E-state index >= 15 is 0 Å². The summed E-state index contributed by atoms with van der Waals surface area (Å²) >= 11 is 0. The number of phenolic OH excluding ortho intramolecular Hbond substituents is 1. The van der Waals surface area contributed by atoms with Gasteiger partial charge in [0.15, 0.2) is 5.78 Å². The molecule has 1 aromatic carbocycles. The van der Waals surface area contributed by atoms with Crippen LogP contribution >= 0.6 is 0 Å². The van der Waals surface area contributed by atoms with Gasteiger partial charge in [-0.1, -0.05) is 91.4 Å². The van der Waals surface area contributed by atoms with Crippen molar-refractivity contribution < 1.29 is 9.90 Å². The summed E-state index contributed by atoms with van der Waals surface area (Å²) in [5.41, 5.74) is 0.705. The second-order valence-electron chi connectivity index (χ2n) is 6.90. The van der Waals surface area contributed by atoms with Gasteiger partial charge < -0.3 is 5.11 Å². The summed E-state index contributed by atoms with van der Waals surface area (Å²) in [5.74, 6) is 0.390. The van der Waals surface area contributed by atoms with Gasteiger partial charge in [-0.15, -0.1) is 0 Å². The van der Waals surface area contributed by atoms with Gasteiger partial charge in [0.2, 0.25) is 0 Å². The van der Waals surface area contributed by atoms with Gasteiger partial charge in [-0.3, -0.25) is 4.79 Å². The number of aromatic hydroxyl groups is 1. The fraction of sp³-hybridized carbons (Fsp3) is 0.696. The van der Waals surface area contributed by atoms with E-state index in [1.54, 1.807) is 24.3 Å². The van der Waals surface area contributed by atoms with Crippen LogP contribution in [-0.2, 0) is 0 Å². The number of ketones is 1. The summed E-state index contributed by atoms with van der Waals surface area (Å²) in [6, 6.07) is 6.51. The Morgan fingerprint density at radius 1 is 0.680 bits per heavy atom. The first-order valence-electron chi connectivity index (χ1n) is 10.5. The predicted molar refractivity (Wildman–Crippen MR) is 109 cm³/mol. The molecule has 1 aromatic rings. The van der Waals surface area contributed by atoms with Crippen molar-refractivity contribution in [3.05, 3.63) is 29.8 Å². The maximum Gasteiger partial charge on any atom is 0.162 e. The van der Waals surface area contributed by atoms with Crippen LogP contribution in [0, 0.1) is 0 Å². The SMILES string of the molecule is CCCCCCCC.CCCCCCCCC(=O)c1ccc(O)cc1. The van der Waals surface area contributed by atoms with E-state index in [2.05, 4.69) is 20.8 Å². The highest BCUT2D eigenvalue weighted by molar-refractivity contribution is 5.96. The number of hydrogen-bond acceptors (Lipinski definition) is 2. The molecule has 0 aliphatic heterocycles. The van der Waals surface area contributed by atoms with Gasteiger partial charge in [0.25, 0.3) is 0 Å². The third kappa shape index (κ3) is 14.7. The van der Waals surface area contributed by atoms with E-state index < -0.39 is 0 Å². The molecule has 0 saturated carbocycles. The minimum Gasteiger partial charge on any atom is -0.508 e. The van der Waals surface area contributed by atoms with Gasteiger partial charge in [-0.25, -0.2) is 0 Å². The van der Waals surface area contributed by atoms with E-state index in [1.807, 2.05) is 0 Å². The van der Waals surface area contributed by atoms with Crippen LogP contribution in [-0.4, -0.2) is 10.9 Å². The van der Waals surface area contributed by atoms with E-state index in [-0.39, 0.29) is 11.5 Å². The van der Waals surface area contributed by atoms with Crippen LogP contribution in [0.15, 0.2) is 24.3 Å². The summed E-state index contributed by atoms with van der Waals surface area (Å²) in [7, 11) is 0. The Balaban J connectivity index is 0.000000609. The molecule has 1 N–H and O–H groups in total. The van der Waals surface area contributed by atoms with Gasteiger partial charge in [0.1, 0.15) is 5.75 Å². The van der Waals surface area contributed by atoms with Crippen molar-refractivity contribution in [2.45, 2.75) is 104 Å². The largest absolute Gasteiger partial charge is 0.508 e. The molecule has 0 heterocycles. The second kappa shape index (κ2) is 17.5. The smallest absolute Gasteiger partial charge is 0.162 e. The lowest BCUT2D eigenvalue weighted by Gasteiger charge is -2.02. The molecular weight excluding hydrogens is 308 g/mol. The Morgan fingerprint density at radius 3 is 1.52 bits per heavy atom. The highest BCUT2D eigenvalue weighted by Crippen LogP contribution is 2.14. The Kier molecular flexibility index (Phi) is 16.6. The molecule has 0 atom stereocenters. The Labute approximate surface area is 156 Å².